The first kappa shape index (κ1) is 19.1. The standard InChI is InChI=1S/C19H30N4O2/c1-5-20-19(23-12-10-16(11-13-23)18(24)25-4)21-14-15-6-8-17(9-7-15)22(2)3/h6-9,16H,5,10-14H2,1-4H3,(H,20,21). The summed E-state index contributed by atoms with van der Waals surface area (Å²) in [6.07, 6.45) is 1.63. The highest BCUT2D eigenvalue weighted by atomic mass is 16.5. The Kier molecular flexibility index (Phi) is 7.10. The zero-order chi connectivity index (χ0) is 18.2. The molecule has 1 fully saturated rings. The third kappa shape index (κ3) is 5.37. The zero-order valence-electron chi connectivity index (χ0n) is 15.8. The monoisotopic (exact) mass is 346 g/mol. The van der Waals surface area contributed by atoms with E-state index in [0.717, 1.165) is 38.4 Å². The molecule has 0 unspecified atom stereocenters. The molecule has 0 saturated carbocycles. The number of anilines is 1. The second kappa shape index (κ2) is 9.30. The molecule has 0 atom stereocenters. The van der Waals surface area contributed by atoms with Gasteiger partial charge in [0, 0.05) is 39.4 Å². The smallest absolute Gasteiger partial charge is 0.308 e. The van der Waals surface area contributed by atoms with Gasteiger partial charge in [0.05, 0.1) is 19.6 Å². The Labute approximate surface area is 150 Å². The van der Waals surface area contributed by atoms with Crippen LogP contribution < -0.4 is 10.2 Å². The average Bonchev–Trinajstić information content (AvgIpc) is 2.65. The van der Waals surface area contributed by atoms with Crippen molar-refractivity contribution < 1.29 is 9.53 Å². The van der Waals surface area contributed by atoms with Gasteiger partial charge >= 0.3 is 5.97 Å². The summed E-state index contributed by atoms with van der Waals surface area (Å²) in [5.74, 6) is 0.841. The number of carbonyl (C=O) groups excluding carboxylic acids is 1. The second-order valence-corrected chi connectivity index (χ2v) is 6.52. The number of likely N-dealkylation sites (tertiary alicyclic amines) is 1. The topological polar surface area (TPSA) is 57.2 Å². The number of aliphatic imine (C=N–C) groups is 1. The molecular formula is C19H30N4O2. The number of esters is 1. The van der Waals surface area contributed by atoms with Crippen molar-refractivity contribution in [1.82, 2.24) is 10.2 Å². The van der Waals surface area contributed by atoms with Gasteiger partial charge in [-0.15, -0.1) is 0 Å². The highest BCUT2D eigenvalue weighted by Crippen LogP contribution is 2.19. The quantitative estimate of drug-likeness (QED) is 0.503. The van der Waals surface area contributed by atoms with Crippen molar-refractivity contribution in [1.29, 1.82) is 0 Å². The number of piperidine rings is 1. The molecule has 0 spiro atoms. The molecule has 1 N–H and O–H groups in total. The molecule has 1 aromatic carbocycles. The summed E-state index contributed by atoms with van der Waals surface area (Å²) in [6.45, 7) is 5.20. The summed E-state index contributed by atoms with van der Waals surface area (Å²) in [5.41, 5.74) is 2.37. The van der Waals surface area contributed by atoms with Crippen LogP contribution in [-0.4, -0.2) is 57.7 Å². The molecule has 2 rings (SSSR count). The number of carbonyl (C=O) groups is 1. The summed E-state index contributed by atoms with van der Waals surface area (Å²) in [4.78, 5) is 20.8. The van der Waals surface area contributed by atoms with Gasteiger partial charge in [0.1, 0.15) is 0 Å². The SMILES string of the molecule is CCNC(=NCc1ccc(N(C)C)cc1)N1CCC(C(=O)OC)CC1. The van der Waals surface area contributed by atoms with Crippen LogP contribution >= 0.6 is 0 Å². The van der Waals surface area contributed by atoms with Crippen molar-refractivity contribution in [2.45, 2.75) is 26.3 Å². The predicted molar refractivity (Wildman–Crippen MR) is 102 cm³/mol. The van der Waals surface area contributed by atoms with E-state index in [1.165, 1.54) is 18.4 Å². The van der Waals surface area contributed by atoms with Gasteiger partial charge < -0.3 is 19.9 Å². The normalized spacial score (nSPS) is 15.8. The van der Waals surface area contributed by atoms with Crippen LogP contribution in [0.25, 0.3) is 0 Å². The van der Waals surface area contributed by atoms with E-state index in [2.05, 4.69) is 46.3 Å². The number of ether oxygens (including phenoxy) is 1. The Morgan fingerprint density at radius 1 is 1.28 bits per heavy atom. The largest absolute Gasteiger partial charge is 0.469 e. The first-order valence-electron chi connectivity index (χ1n) is 8.92. The molecule has 0 aliphatic carbocycles. The average molecular weight is 346 g/mol. The molecule has 0 amide bonds. The van der Waals surface area contributed by atoms with E-state index in [-0.39, 0.29) is 11.9 Å². The summed E-state index contributed by atoms with van der Waals surface area (Å²) in [6, 6.07) is 8.46. The van der Waals surface area contributed by atoms with Crippen LogP contribution in [0.1, 0.15) is 25.3 Å². The van der Waals surface area contributed by atoms with Crippen molar-refractivity contribution in [2.24, 2.45) is 10.9 Å². The third-order valence-corrected chi connectivity index (χ3v) is 4.53. The fourth-order valence-corrected chi connectivity index (χ4v) is 2.99. The number of methoxy groups -OCH3 is 1. The van der Waals surface area contributed by atoms with E-state index < -0.39 is 0 Å². The highest BCUT2D eigenvalue weighted by molar-refractivity contribution is 5.80. The molecule has 25 heavy (non-hydrogen) atoms. The third-order valence-electron chi connectivity index (χ3n) is 4.53. The first-order valence-corrected chi connectivity index (χ1v) is 8.92. The molecule has 1 heterocycles. The molecule has 6 heteroatoms. The van der Waals surface area contributed by atoms with Crippen molar-refractivity contribution in [2.75, 3.05) is 45.7 Å². The van der Waals surface area contributed by atoms with Crippen molar-refractivity contribution >= 4 is 17.6 Å². The van der Waals surface area contributed by atoms with Crippen LogP contribution in [0, 0.1) is 5.92 Å². The van der Waals surface area contributed by atoms with Gasteiger partial charge in [-0.3, -0.25) is 4.79 Å². The minimum atomic E-state index is -0.0948. The van der Waals surface area contributed by atoms with Crippen LogP contribution in [0.2, 0.25) is 0 Å². The number of benzene rings is 1. The van der Waals surface area contributed by atoms with Crippen LogP contribution in [-0.2, 0) is 16.1 Å². The number of hydrogen-bond acceptors (Lipinski definition) is 4. The Morgan fingerprint density at radius 3 is 2.44 bits per heavy atom. The maximum Gasteiger partial charge on any atom is 0.308 e. The van der Waals surface area contributed by atoms with Gasteiger partial charge in [0.2, 0.25) is 0 Å². The first-order chi connectivity index (χ1) is 12.0. The lowest BCUT2D eigenvalue weighted by Gasteiger charge is -2.33. The fourth-order valence-electron chi connectivity index (χ4n) is 2.99. The molecule has 0 aromatic heterocycles. The van der Waals surface area contributed by atoms with Gasteiger partial charge in [0.15, 0.2) is 5.96 Å². The number of guanidine groups is 1. The zero-order valence-corrected chi connectivity index (χ0v) is 15.8. The summed E-state index contributed by atoms with van der Waals surface area (Å²) < 4.78 is 4.86. The number of rotatable bonds is 5. The maximum absolute atomic E-state index is 11.7. The van der Waals surface area contributed by atoms with Crippen molar-refractivity contribution in [3.63, 3.8) is 0 Å². The Morgan fingerprint density at radius 2 is 1.92 bits per heavy atom. The van der Waals surface area contributed by atoms with Crippen molar-refractivity contribution in [3.8, 4) is 0 Å². The molecule has 1 saturated heterocycles. The van der Waals surface area contributed by atoms with Crippen LogP contribution in [0.15, 0.2) is 29.3 Å². The second-order valence-electron chi connectivity index (χ2n) is 6.52. The van der Waals surface area contributed by atoms with Crippen LogP contribution in [0.4, 0.5) is 5.69 Å². The molecular weight excluding hydrogens is 316 g/mol. The maximum atomic E-state index is 11.7. The van der Waals surface area contributed by atoms with Gasteiger partial charge in [-0.2, -0.15) is 0 Å². The molecule has 6 nitrogen and oxygen atoms in total. The summed E-state index contributed by atoms with van der Waals surface area (Å²) >= 11 is 0. The number of hydrogen-bond donors (Lipinski definition) is 1. The van der Waals surface area contributed by atoms with E-state index in [1.54, 1.807) is 0 Å². The van der Waals surface area contributed by atoms with E-state index in [1.807, 2.05) is 14.1 Å². The van der Waals surface area contributed by atoms with Crippen LogP contribution in [0.5, 0.6) is 0 Å². The minimum absolute atomic E-state index is 0.0164. The van der Waals surface area contributed by atoms with Crippen LogP contribution in [0.3, 0.4) is 0 Å². The highest BCUT2D eigenvalue weighted by Gasteiger charge is 2.26. The molecule has 1 aromatic rings. The minimum Gasteiger partial charge on any atom is -0.469 e. The molecule has 0 bridgehead atoms. The van der Waals surface area contributed by atoms with E-state index in [9.17, 15) is 4.79 Å². The lowest BCUT2D eigenvalue weighted by molar-refractivity contribution is -0.146. The lowest BCUT2D eigenvalue weighted by atomic mass is 9.97. The van der Waals surface area contributed by atoms with Gasteiger partial charge in [-0.1, -0.05) is 12.1 Å². The van der Waals surface area contributed by atoms with Gasteiger partial charge in [-0.05, 0) is 37.5 Å². The fraction of sp³-hybridized carbons (Fsp3) is 0.579. The Bertz CT molecular complexity index is 576. The molecule has 0 radical (unpaired) electrons. The molecule has 138 valence electrons. The number of nitrogens with zero attached hydrogens (tertiary/aromatic N) is 3. The Hall–Kier alpha value is -2.24. The van der Waals surface area contributed by atoms with Gasteiger partial charge in [0.25, 0.3) is 0 Å². The van der Waals surface area contributed by atoms with Crippen molar-refractivity contribution in [3.05, 3.63) is 29.8 Å². The molecule has 1 aliphatic rings. The lowest BCUT2D eigenvalue weighted by Crippen LogP contribution is -2.46. The summed E-state index contributed by atoms with van der Waals surface area (Å²) in [5, 5.41) is 3.36. The summed E-state index contributed by atoms with van der Waals surface area (Å²) in [7, 11) is 5.53. The molecule has 1 aliphatic heterocycles. The van der Waals surface area contributed by atoms with E-state index in [0.29, 0.717) is 6.54 Å². The van der Waals surface area contributed by atoms with E-state index >= 15 is 0 Å². The number of nitrogens with one attached hydrogen (secondary N) is 1. The Balaban J connectivity index is 1.97. The van der Waals surface area contributed by atoms with Gasteiger partial charge in [-0.25, -0.2) is 4.99 Å². The predicted octanol–water partition coefficient (Wildman–Crippen LogP) is 2.10. The van der Waals surface area contributed by atoms with E-state index in [4.69, 9.17) is 9.73 Å².